The van der Waals surface area contributed by atoms with Crippen molar-refractivity contribution < 1.29 is 9.90 Å². The smallest absolute Gasteiger partial charge is 0.335 e. The van der Waals surface area contributed by atoms with Crippen LogP contribution in [0.3, 0.4) is 0 Å². The van der Waals surface area contributed by atoms with Crippen LogP contribution < -0.4 is 10.6 Å². The Morgan fingerprint density at radius 1 is 1.35 bits per heavy atom. The average Bonchev–Trinajstić information content (AvgIpc) is 2.33. The van der Waals surface area contributed by atoms with E-state index in [-0.39, 0.29) is 11.1 Å². The first-order valence-electron chi connectivity index (χ1n) is 6.87. The molecule has 20 heavy (non-hydrogen) atoms. The molecule has 5 heteroatoms. The summed E-state index contributed by atoms with van der Waals surface area (Å²) in [6.45, 7) is 0.854. The van der Waals surface area contributed by atoms with E-state index in [4.69, 9.17) is 10.8 Å². The van der Waals surface area contributed by atoms with E-state index in [1.54, 1.807) is 18.2 Å². The largest absolute Gasteiger partial charge is 0.478 e. The van der Waals surface area contributed by atoms with Gasteiger partial charge in [-0.15, -0.1) is 0 Å². The van der Waals surface area contributed by atoms with Gasteiger partial charge >= 0.3 is 5.97 Å². The maximum atomic E-state index is 11.1. The molecule has 0 bridgehead atoms. The van der Waals surface area contributed by atoms with Crippen molar-refractivity contribution in [3.8, 4) is 0 Å². The van der Waals surface area contributed by atoms with Crippen molar-refractivity contribution in [2.24, 2.45) is 0 Å². The van der Waals surface area contributed by atoms with E-state index in [1.165, 1.54) is 19.3 Å². The standard InChI is InChI=1S/C15H23N3O2/c1-17(2)15(7-4-8-15)10-18(3)13-9-11(14(19)20)5-6-12(13)16/h5-6,9H,4,7-8,10,16H2,1-3H3,(H,19,20). The van der Waals surface area contributed by atoms with Gasteiger partial charge in [0, 0.05) is 19.1 Å². The second-order valence-corrected chi connectivity index (χ2v) is 5.91. The van der Waals surface area contributed by atoms with Crippen LogP contribution in [0.1, 0.15) is 29.6 Å². The van der Waals surface area contributed by atoms with Gasteiger partial charge in [0.1, 0.15) is 0 Å². The molecule has 2 rings (SSSR count). The van der Waals surface area contributed by atoms with E-state index in [0.29, 0.717) is 5.69 Å². The van der Waals surface area contributed by atoms with Crippen LogP contribution in [0.2, 0.25) is 0 Å². The maximum Gasteiger partial charge on any atom is 0.335 e. The van der Waals surface area contributed by atoms with Crippen molar-refractivity contribution in [1.82, 2.24) is 4.90 Å². The molecule has 0 unspecified atom stereocenters. The van der Waals surface area contributed by atoms with E-state index in [1.807, 2.05) is 7.05 Å². The van der Waals surface area contributed by atoms with Crippen LogP contribution in [-0.4, -0.2) is 49.2 Å². The molecule has 3 N–H and O–H groups in total. The lowest BCUT2D eigenvalue weighted by Crippen LogP contribution is -2.56. The number of hydrogen-bond donors (Lipinski definition) is 2. The van der Waals surface area contributed by atoms with E-state index < -0.39 is 5.97 Å². The zero-order chi connectivity index (χ0) is 14.9. The fraction of sp³-hybridized carbons (Fsp3) is 0.533. The summed E-state index contributed by atoms with van der Waals surface area (Å²) in [6, 6.07) is 4.86. The second kappa shape index (κ2) is 5.32. The van der Waals surface area contributed by atoms with Gasteiger partial charge in [-0.1, -0.05) is 0 Å². The van der Waals surface area contributed by atoms with Crippen LogP contribution in [0.4, 0.5) is 11.4 Å². The second-order valence-electron chi connectivity index (χ2n) is 5.91. The number of rotatable bonds is 5. The molecular formula is C15H23N3O2. The van der Waals surface area contributed by atoms with Crippen molar-refractivity contribution in [3.63, 3.8) is 0 Å². The Labute approximate surface area is 120 Å². The highest BCUT2D eigenvalue weighted by Crippen LogP contribution is 2.38. The molecule has 5 nitrogen and oxygen atoms in total. The van der Waals surface area contributed by atoms with Gasteiger partial charge in [0.2, 0.25) is 0 Å². The number of carbonyl (C=O) groups is 1. The molecule has 0 atom stereocenters. The number of anilines is 2. The molecule has 0 amide bonds. The van der Waals surface area contributed by atoms with Crippen LogP contribution >= 0.6 is 0 Å². The fourth-order valence-corrected chi connectivity index (χ4v) is 2.87. The molecule has 1 saturated carbocycles. The number of nitrogen functional groups attached to an aromatic ring is 1. The molecule has 1 aliphatic carbocycles. The molecular weight excluding hydrogens is 254 g/mol. The Kier molecular flexibility index (Phi) is 3.90. The third-order valence-electron chi connectivity index (χ3n) is 4.45. The van der Waals surface area contributed by atoms with Gasteiger partial charge in [0.15, 0.2) is 0 Å². The molecule has 1 aliphatic rings. The predicted octanol–water partition coefficient (Wildman–Crippen LogP) is 1.89. The highest BCUT2D eigenvalue weighted by molar-refractivity contribution is 5.90. The molecule has 1 fully saturated rings. The summed E-state index contributed by atoms with van der Waals surface area (Å²) in [7, 11) is 6.18. The number of carboxylic acid groups (broad SMARTS) is 1. The third kappa shape index (κ3) is 2.58. The van der Waals surface area contributed by atoms with Crippen LogP contribution in [0, 0.1) is 0 Å². The minimum atomic E-state index is -0.925. The van der Waals surface area contributed by atoms with Crippen molar-refractivity contribution in [2.75, 3.05) is 38.3 Å². The lowest BCUT2D eigenvalue weighted by molar-refractivity contribution is 0.0683. The first-order valence-corrected chi connectivity index (χ1v) is 6.87. The molecule has 110 valence electrons. The Bertz CT molecular complexity index is 510. The van der Waals surface area contributed by atoms with Crippen LogP contribution in [0.5, 0.6) is 0 Å². The van der Waals surface area contributed by atoms with E-state index >= 15 is 0 Å². The molecule has 0 aromatic heterocycles. The molecule has 1 aromatic carbocycles. The van der Waals surface area contributed by atoms with E-state index in [9.17, 15) is 4.79 Å². The highest BCUT2D eigenvalue weighted by Gasteiger charge is 2.40. The van der Waals surface area contributed by atoms with Gasteiger partial charge in [-0.05, 0) is 51.6 Å². The van der Waals surface area contributed by atoms with Gasteiger partial charge in [0.25, 0.3) is 0 Å². The number of aromatic carboxylic acids is 1. The SMILES string of the molecule is CN(CC1(N(C)C)CCC1)c1cc(C(=O)O)ccc1N. The fourth-order valence-electron chi connectivity index (χ4n) is 2.87. The first-order chi connectivity index (χ1) is 9.35. The van der Waals surface area contributed by atoms with Crippen LogP contribution in [0.25, 0.3) is 0 Å². The van der Waals surface area contributed by atoms with Crippen molar-refractivity contribution in [3.05, 3.63) is 23.8 Å². The minimum absolute atomic E-state index is 0.181. The Morgan fingerprint density at radius 3 is 2.45 bits per heavy atom. The number of carboxylic acids is 1. The Morgan fingerprint density at radius 2 is 2.00 bits per heavy atom. The van der Waals surface area contributed by atoms with Crippen LogP contribution in [0.15, 0.2) is 18.2 Å². The lowest BCUT2D eigenvalue weighted by Gasteiger charge is -2.49. The molecule has 1 aromatic rings. The van der Waals surface area contributed by atoms with Crippen molar-refractivity contribution in [2.45, 2.75) is 24.8 Å². The predicted molar refractivity (Wildman–Crippen MR) is 81.4 cm³/mol. The minimum Gasteiger partial charge on any atom is -0.478 e. The number of nitrogens with two attached hydrogens (primary N) is 1. The summed E-state index contributed by atoms with van der Waals surface area (Å²) >= 11 is 0. The lowest BCUT2D eigenvalue weighted by atomic mass is 9.75. The molecule has 0 spiro atoms. The zero-order valence-electron chi connectivity index (χ0n) is 12.4. The quantitative estimate of drug-likeness (QED) is 0.804. The van der Waals surface area contributed by atoms with Gasteiger partial charge in [-0.3, -0.25) is 0 Å². The highest BCUT2D eigenvalue weighted by atomic mass is 16.4. The summed E-state index contributed by atoms with van der Waals surface area (Å²) in [4.78, 5) is 15.4. The van der Waals surface area contributed by atoms with Gasteiger partial charge in [-0.2, -0.15) is 0 Å². The number of nitrogens with zero attached hydrogens (tertiary/aromatic N) is 2. The molecule has 0 heterocycles. The number of likely N-dealkylation sites (N-methyl/N-ethyl adjacent to an activating group) is 2. The summed E-state index contributed by atoms with van der Waals surface area (Å²) in [5.74, 6) is -0.925. The van der Waals surface area contributed by atoms with Crippen molar-refractivity contribution >= 4 is 17.3 Å². The van der Waals surface area contributed by atoms with Gasteiger partial charge in [-0.25, -0.2) is 4.79 Å². The summed E-state index contributed by atoms with van der Waals surface area (Å²) in [6.07, 6.45) is 3.59. The van der Waals surface area contributed by atoms with Crippen molar-refractivity contribution in [1.29, 1.82) is 0 Å². The molecule has 0 aliphatic heterocycles. The maximum absolute atomic E-state index is 11.1. The third-order valence-corrected chi connectivity index (χ3v) is 4.45. The van der Waals surface area contributed by atoms with Gasteiger partial charge < -0.3 is 20.6 Å². The van der Waals surface area contributed by atoms with E-state index in [0.717, 1.165) is 12.2 Å². The normalized spacial score (nSPS) is 16.8. The molecule has 0 radical (unpaired) electrons. The topological polar surface area (TPSA) is 69.8 Å². The molecule has 0 saturated heterocycles. The Hall–Kier alpha value is -1.75. The summed E-state index contributed by atoms with van der Waals surface area (Å²) in [5, 5.41) is 9.09. The first kappa shape index (κ1) is 14.7. The van der Waals surface area contributed by atoms with Gasteiger partial charge in [0.05, 0.1) is 16.9 Å². The number of benzene rings is 1. The average molecular weight is 277 g/mol. The monoisotopic (exact) mass is 277 g/mol. The van der Waals surface area contributed by atoms with E-state index in [2.05, 4.69) is 23.9 Å². The zero-order valence-corrected chi connectivity index (χ0v) is 12.4. The Balaban J connectivity index is 2.22. The number of hydrogen-bond acceptors (Lipinski definition) is 4. The van der Waals surface area contributed by atoms with Crippen LogP contribution in [-0.2, 0) is 0 Å². The summed E-state index contributed by atoms with van der Waals surface area (Å²) < 4.78 is 0. The summed E-state index contributed by atoms with van der Waals surface area (Å²) in [5.41, 5.74) is 7.86.